The molecule has 8 nitrogen and oxygen atoms in total. The van der Waals surface area contributed by atoms with Crippen molar-refractivity contribution in [2.45, 2.75) is 12.3 Å². The van der Waals surface area contributed by atoms with E-state index in [1.54, 1.807) is 11.9 Å². The van der Waals surface area contributed by atoms with Gasteiger partial charge in [-0.25, -0.2) is 4.39 Å². The molecule has 1 aliphatic heterocycles. The summed E-state index contributed by atoms with van der Waals surface area (Å²) in [5, 5.41) is 10.2. The topological polar surface area (TPSA) is 85.4 Å². The van der Waals surface area contributed by atoms with Gasteiger partial charge in [0.2, 0.25) is 0 Å². The first-order chi connectivity index (χ1) is 14.2. The summed E-state index contributed by atoms with van der Waals surface area (Å²) in [5.74, 6) is -1.15. The summed E-state index contributed by atoms with van der Waals surface area (Å²) in [6.07, 6.45) is -1.13. The normalized spacial score (nSPS) is 14.5. The summed E-state index contributed by atoms with van der Waals surface area (Å²) in [5.41, 5.74) is -0.443. The Morgan fingerprint density at radius 3 is 2.70 bits per heavy atom. The van der Waals surface area contributed by atoms with Crippen LogP contribution in [0.15, 0.2) is 41.4 Å². The first-order valence-electron chi connectivity index (χ1n) is 8.73. The Hall–Kier alpha value is -3.57. The van der Waals surface area contributed by atoms with Gasteiger partial charge in [0, 0.05) is 13.1 Å². The third-order valence-corrected chi connectivity index (χ3v) is 4.49. The molecule has 1 fully saturated rings. The second-order valence-electron chi connectivity index (χ2n) is 6.69. The maximum atomic E-state index is 13.5. The molecule has 0 radical (unpaired) electrons. The largest absolute Gasteiger partial charge is 0.487 e. The lowest BCUT2D eigenvalue weighted by Gasteiger charge is -2.40. The maximum absolute atomic E-state index is 13.5. The number of carbonyl (C=O) groups is 1. The standard InChI is InChI=1S/C18H15F4N5O3/c1-26-17(15(6-23-26)16(28)25-12-5-24-29-9-12)27-7-14(8-27)30-13-3-10(18(20,21)22)2-11(19)4-13/h2-6,9,14H,7-8H2,1H3,(H,25,28). The molecule has 1 amide bonds. The van der Waals surface area contributed by atoms with Gasteiger partial charge in [0.25, 0.3) is 5.91 Å². The minimum Gasteiger partial charge on any atom is -0.487 e. The van der Waals surface area contributed by atoms with Crippen molar-refractivity contribution in [1.82, 2.24) is 14.9 Å². The third-order valence-electron chi connectivity index (χ3n) is 4.49. The van der Waals surface area contributed by atoms with Crippen LogP contribution >= 0.6 is 0 Å². The zero-order chi connectivity index (χ0) is 21.5. The molecule has 4 rings (SSSR count). The Bertz CT molecular complexity index is 1060. The monoisotopic (exact) mass is 425 g/mol. The van der Waals surface area contributed by atoms with E-state index in [2.05, 4.69) is 20.1 Å². The van der Waals surface area contributed by atoms with Crippen molar-refractivity contribution >= 4 is 17.4 Å². The lowest BCUT2D eigenvalue weighted by atomic mass is 10.1. The predicted molar refractivity (Wildman–Crippen MR) is 95.7 cm³/mol. The van der Waals surface area contributed by atoms with Crippen molar-refractivity contribution in [3.63, 3.8) is 0 Å². The van der Waals surface area contributed by atoms with E-state index in [1.807, 2.05) is 0 Å². The van der Waals surface area contributed by atoms with Crippen LogP contribution in [0.2, 0.25) is 0 Å². The van der Waals surface area contributed by atoms with Crippen molar-refractivity contribution < 1.29 is 31.6 Å². The fraction of sp³-hybridized carbons (Fsp3) is 0.278. The number of halogens is 4. The molecule has 3 aromatic rings. The van der Waals surface area contributed by atoms with Crippen LogP contribution < -0.4 is 15.0 Å². The Morgan fingerprint density at radius 1 is 1.27 bits per heavy atom. The number of aromatic nitrogens is 3. The van der Waals surface area contributed by atoms with Crippen molar-refractivity contribution in [3.8, 4) is 5.75 Å². The number of nitrogens with zero attached hydrogens (tertiary/aromatic N) is 4. The fourth-order valence-corrected chi connectivity index (χ4v) is 3.10. The summed E-state index contributed by atoms with van der Waals surface area (Å²) < 4.78 is 63.7. The molecule has 1 aliphatic rings. The molecule has 1 aromatic carbocycles. The number of hydrogen-bond donors (Lipinski definition) is 1. The Labute approximate surface area is 167 Å². The van der Waals surface area contributed by atoms with Crippen LogP contribution in [0.4, 0.5) is 29.1 Å². The SMILES string of the molecule is Cn1ncc(C(=O)Nc2cnoc2)c1N1CC(Oc2cc(F)cc(C(F)(F)F)c2)C1. The second kappa shape index (κ2) is 7.35. The first kappa shape index (κ1) is 19.7. The quantitative estimate of drug-likeness (QED) is 0.633. The number of benzene rings is 1. The highest BCUT2D eigenvalue weighted by molar-refractivity contribution is 6.07. The van der Waals surface area contributed by atoms with Gasteiger partial charge in [0.05, 0.1) is 31.0 Å². The minimum atomic E-state index is -4.67. The highest BCUT2D eigenvalue weighted by atomic mass is 19.4. The number of rotatable bonds is 5. The molecular weight excluding hydrogens is 410 g/mol. The van der Waals surface area contributed by atoms with Gasteiger partial charge in [0.15, 0.2) is 0 Å². The minimum absolute atomic E-state index is 0.206. The number of aryl methyl sites for hydroxylation is 1. The van der Waals surface area contributed by atoms with E-state index >= 15 is 0 Å². The van der Waals surface area contributed by atoms with Gasteiger partial charge < -0.3 is 19.5 Å². The van der Waals surface area contributed by atoms with Crippen molar-refractivity contribution in [3.05, 3.63) is 53.8 Å². The lowest BCUT2D eigenvalue weighted by Crippen LogP contribution is -2.55. The number of hydrogen-bond acceptors (Lipinski definition) is 6. The van der Waals surface area contributed by atoms with Gasteiger partial charge in [-0.2, -0.15) is 18.3 Å². The fourth-order valence-electron chi connectivity index (χ4n) is 3.10. The van der Waals surface area contributed by atoms with E-state index in [-0.39, 0.29) is 18.8 Å². The zero-order valence-electron chi connectivity index (χ0n) is 15.5. The van der Waals surface area contributed by atoms with Gasteiger partial charge in [-0.3, -0.25) is 9.48 Å². The predicted octanol–water partition coefficient (Wildman–Crippen LogP) is 3.09. The molecule has 1 N–H and O–H groups in total. The van der Waals surface area contributed by atoms with Gasteiger partial charge in [-0.15, -0.1) is 0 Å². The van der Waals surface area contributed by atoms with Crippen LogP contribution in [0.1, 0.15) is 15.9 Å². The van der Waals surface area contributed by atoms with Gasteiger partial charge in [-0.05, 0) is 12.1 Å². The highest BCUT2D eigenvalue weighted by Gasteiger charge is 2.35. The Balaban J connectivity index is 1.43. The number of nitrogens with one attached hydrogen (secondary N) is 1. The molecule has 1 saturated heterocycles. The molecule has 0 saturated carbocycles. The first-order valence-corrected chi connectivity index (χ1v) is 8.73. The summed E-state index contributed by atoms with van der Waals surface area (Å²) in [6, 6.07) is 2.07. The number of alkyl halides is 3. The lowest BCUT2D eigenvalue weighted by molar-refractivity contribution is -0.137. The van der Waals surface area contributed by atoms with Crippen molar-refractivity contribution in [1.29, 1.82) is 0 Å². The smallest absolute Gasteiger partial charge is 0.416 e. The second-order valence-corrected chi connectivity index (χ2v) is 6.69. The van der Waals surface area contributed by atoms with Gasteiger partial charge in [0.1, 0.15) is 41.0 Å². The van der Waals surface area contributed by atoms with E-state index in [1.165, 1.54) is 23.3 Å². The molecular formula is C18H15F4N5O3. The summed E-state index contributed by atoms with van der Waals surface area (Å²) in [6.45, 7) is 0.565. The van der Waals surface area contributed by atoms with E-state index in [9.17, 15) is 22.4 Å². The van der Waals surface area contributed by atoms with Crippen molar-refractivity contribution in [2.75, 3.05) is 23.3 Å². The van der Waals surface area contributed by atoms with E-state index in [0.29, 0.717) is 23.1 Å². The van der Waals surface area contributed by atoms with E-state index in [0.717, 1.165) is 12.1 Å². The van der Waals surface area contributed by atoms with Crippen molar-refractivity contribution in [2.24, 2.45) is 7.05 Å². The van der Waals surface area contributed by atoms with Crippen LogP contribution in [0.25, 0.3) is 0 Å². The van der Waals surface area contributed by atoms with Crippen LogP contribution in [-0.2, 0) is 13.2 Å². The molecule has 0 spiro atoms. The van der Waals surface area contributed by atoms with Crippen LogP contribution in [0.5, 0.6) is 5.75 Å². The average Bonchev–Trinajstić information content (AvgIpc) is 3.26. The van der Waals surface area contributed by atoms with Gasteiger partial charge >= 0.3 is 6.18 Å². The third kappa shape index (κ3) is 3.93. The summed E-state index contributed by atoms with van der Waals surface area (Å²) in [4.78, 5) is 14.3. The number of amides is 1. The Kier molecular flexibility index (Phi) is 4.84. The van der Waals surface area contributed by atoms with Crippen LogP contribution in [-0.4, -0.2) is 40.0 Å². The van der Waals surface area contributed by atoms with E-state index < -0.39 is 29.6 Å². The summed E-state index contributed by atoms with van der Waals surface area (Å²) >= 11 is 0. The van der Waals surface area contributed by atoms with Crippen LogP contribution in [0.3, 0.4) is 0 Å². The number of ether oxygens (including phenoxy) is 1. The average molecular weight is 425 g/mol. The molecule has 12 heteroatoms. The molecule has 2 aromatic heterocycles. The van der Waals surface area contributed by atoms with Gasteiger partial charge in [-0.1, -0.05) is 5.16 Å². The Morgan fingerprint density at radius 2 is 2.03 bits per heavy atom. The summed E-state index contributed by atoms with van der Waals surface area (Å²) in [7, 11) is 1.65. The molecule has 30 heavy (non-hydrogen) atoms. The van der Waals surface area contributed by atoms with E-state index in [4.69, 9.17) is 4.74 Å². The molecule has 158 valence electrons. The highest BCUT2D eigenvalue weighted by Crippen LogP contribution is 2.34. The molecule has 0 unspecified atom stereocenters. The molecule has 0 atom stereocenters. The van der Waals surface area contributed by atoms with Crippen LogP contribution in [0, 0.1) is 5.82 Å². The number of anilines is 2. The molecule has 0 bridgehead atoms. The zero-order valence-corrected chi connectivity index (χ0v) is 15.5. The molecule has 3 heterocycles. The molecule has 0 aliphatic carbocycles. The number of carbonyl (C=O) groups excluding carboxylic acids is 1. The maximum Gasteiger partial charge on any atom is 0.416 e.